The lowest BCUT2D eigenvalue weighted by molar-refractivity contribution is -0.111. The molecule has 0 saturated heterocycles. The van der Waals surface area contributed by atoms with Gasteiger partial charge in [-0.3, -0.25) is 9.59 Å². The molecule has 0 unspecified atom stereocenters. The van der Waals surface area contributed by atoms with E-state index in [4.69, 9.17) is 0 Å². The van der Waals surface area contributed by atoms with Crippen LogP contribution >= 0.6 is 11.8 Å². The molecule has 5 rings (SSSR count). The Hall–Kier alpha value is -4.95. The molecule has 0 aliphatic carbocycles. The largest absolute Gasteiger partial charge is 0.323 e. The minimum absolute atomic E-state index is 0.131. The summed E-state index contributed by atoms with van der Waals surface area (Å²) in [6, 6.07) is 30.9. The molecule has 8 heteroatoms. The minimum Gasteiger partial charge on any atom is -0.323 e. The van der Waals surface area contributed by atoms with Crippen molar-refractivity contribution >= 4 is 41.0 Å². The normalized spacial score (nSPS) is 11.0. The van der Waals surface area contributed by atoms with Crippen molar-refractivity contribution in [1.29, 1.82) is 0 Å². The van der Waals surface area contributed by atoms with Crippen LogP contribution in [0.3, 0.4) is 0 Å². The molecule has 2 amide bonds. The Morgan fingerprint density at radius 2 is 1.51 bits per heavy atom. The molecule has 1 heterocycles. The Kier molecular flexibility index (Phi) is 9.49. The standard InChI is InChI=1S/C35H33N5O2S/c1-4-40-33(28-15-17-30(18-16-28)36-32(41)19-12-26-8-6-5-7-9-26)38-39-35(40)43-23-27-10-13-29(14-11-27)34(42)37-31-21-24(2)20-25(3)22-31/h5-22H,4,23H2,1-3H3,(H,36,41)(H,37,42)/b19-12+. The third-order valence-electron chi connectivity index (χ3n) is 6.73. The molecule has 2 N–H and O–H groups in total. The Morgan fingerprint density at radius 3 is 2.19 bits per heavy atom. The van der Waals surface area contributed by atoms with Crippen molar-refractivity contribution in [3.63, 3.8) is 0 Å². The first kappa shape index (κ1) is 29.5. The predicted molar refractivity (Wildman–Crippen MR) is 175 cm³/mol. The van der Waals surface area contributed by atoms with E-state index in [0.717, 1.165) is 44.5 Å². The summed E-state index contributed by atoms with van der Waals surface area (Å²) in [6.07, 6.45) is 3.31. The van der Waals surface area contributed by atoms with Crippen LogP contribution in [-0.2, 0) is 17.1 Å². The number of amides is 2. The number of nitrogens with zero attached hydrogens (tertiary/aromatic N) is 3. The summed E-state index contributed by atoms with van der Waals surface area (Å²) in [7, 11) is 0. The average Bonchev–Trinajstić information content (AvgIpc) is 3.42. The number of carbonyl (C=O) groups excluding carboxylic acids is 2. The van der Waals surface area contributed by atoms with Crippen LogP contribution in [0.5, 0.6) is 0 Å². The number of hydrogen-bond donors (Lipinski definition) is 2. The Morgan fingerprint density at radius 1 is 0.814 bits per heavy atom. The molecule has 43 heavy (non-hydrogen) atoms. The second kappa shape index (κ2) is 13.8. The SMILES string of the molecule is CCn1c(SCc2ccc(C(=O)Nc3cc(C)cc(C)c3)cc2)nnc1-c1ccc(NC(=O)/C=C/c2ccccc2)cc1. The second-order valence-electron chi connectivity index (χ2n) is 10.2. The summed E-state index contributed by atoms with van der Waals surface area (Å²) in [5, 5.41) is 15.6. The highest BCUT2D eigenvalue weighted by atomic mass is 32.2. The fraction of sp³-hybridized carbons (Fsp3) is 0.143. The number of nitrogens with one attached hydrogen (secondary N) is 2. The molecule has 216 valence electrons. The van der Waals surface area contributed by atoms with E-state index in [1.165, 1.54) is 6.08 Å². The Bertz CT molecular complexity index is 1720. The maximum Gasteiger partial charge on any atom is 0.255 e. The zero-order valence-electron chi connectivity index (χ0n) is 24.4. The van der Waals surface area contributed by atoms with E-state index in [-0.39, 0.29) is 11.8 Å². The van der Waals surface area contributed by atoms with Gasteiger partial charge in [0.25, 0.3) is 5.91 Å². The fourth-order valence-corrected chi connectivity index (χ4v) is 5.63. The molecule has 0 aliphatic rings. The van der Waals surface area contributed by atoms with Gasteiger partial charge in [0, 0.05) is 40.9 Å². The number of rotatable bonds is 10. The number of hydrogen-bond acceptors (Lipinski definition) is 5. The first-order valence-corrected chi connectivity index (χ1v) is 15.1. The fourth-order valence-electron chi connectivity index (χ4n) is 4.67. The van der Waals surface area contributed by atoms with Gasteiger partial charge >= 0.3 is 0 Å². The third kappa shape index (κ3) is 7.87. The molecule has 0 spiro atoms. The highest BCUT2D eigenvalue weighted by Crippen LogP contribution is 2.27. The van der Waals surface area contributed by atoms with Gasteiger partial charge in [0.2, 0.25) is 5.91 Å². The van der Waals surface area contributed by atoms with Crippen molar-refractivity contribution in [3.05, 3.63) is 131 Å². The van der Waals surface area contributed by atoms with Gasteiger partial charge in [0.15, 0.2) is 11.0 Å². The summed E-state index contributed by atoms with van der Waals surface area (Å²) in [5.41, 5.74) is 7.30. The van der Waals surface area contributed by atoms with E-state index in [0.29, 0.717) is 23.5 Å². The van der Waals surface area contributed by atoms with E-state index in [2.05, 4.69) is 38.4 Å². The number of thioether (sulfide) groups is 1. The van der Waals surface area contributed by atoms with Crippen molar-refractivity contribution in [2.45, 2.75) is 38.2 Å². The maximum absolute atomic E-state index is 12.7. The molecule has 1 aromatic heterocycles. The topological polar surface area (TPSA) is 88.9 Å². The van der Waals surface area contributed by atoms with E-state index in [1.54, 1.807) is 17.8 Å². The van der Waals surface area contributed by atoms with Gasteiger partial charge in [-0.1, -0.05) is 60.3 Å². The van der Waals surface area contributed by atoms with Gasteiger partial charge < -0.3 is 15.2 Å². The van der Waals surface area contributed by atoms with Crippen molar-refractivity contribution in [2.24, 2.45) is 0 Å². The van der Waals surface area contributed by atoms with Crippen LogP contribution < -0.4 is 10.6 Å². The number of carbonyl (C=O) groups is 2. The first-order chi connectivity index (χ1) is 20.9. The lowest BCUT2D eigenvalue weighted by Crippen LogP contribution is -2.12. The van der Waals surface area contributed by atoms with E-state index in [9.17, 15) is 9.59 Å². The number of benzene rings is 4. The van der Waals surface area contributed by atoms with Gasteiger partial charge in [-0.15, -0.1) is 10.2 Å². The molecule has 5 aromatic rings. The molecule has 0 saturated carbocycles. The van der Waals surface area contributed by atoms with Crippen LogP contribution in [0, 0.1) is 13.8 Å². The molecule has 4 aromatic carbocycles. The lowest BCUT2D eigenvalue weighted by Gasteiger charge is -2.09. The van der Waals surface area contributed by atoms with Crippen LogP contribution in [0.4, 0.5) is 11.4 Å². The van der Waals surface area contributed by atoms with Crippen molar-refractivity contribution in [3.8, 4) is 11.4 Å². The summed E-state index contributed by atoms with van der Waals surface area (Å²) in [6.45, 7) is 6.81. The zero-order chi connectivity index (χ0) is 30.2. The lowest BCUT2D eigenvalue weighted by atomic mass is 10.1. The average molecular weight is 588 g/mol. The second-order valence-corrected chi connectivity index (χ2v) is 11.1. The predicted octanol–water partition coefficient (Wildman–Crippen LogP) is 7.78. The van der Waals surface area contributed by atoms with Gasteiger partial charge in [-0.2, -0.15) is 0 Å². The highest BCUT2D eigenvalue weighted by molar-refractivity contribution is 7.98. The van der Waals surface area contributed by atoms with Crippen LogP contribution in [0.15, 0.2) is 108 Å². The molecule has 0 fully saturated rings. The third-order valence-corrected chi connectivity index (χ3v) is 7.77. The van der Waals surface area contributed by atoms with Crippen LogP contribution in [0.1, 0.15) is 39.5 Å². The number of anilines is 2. The van der Waals surface area contributed by atoms with Crippen molar-refractivity contribution in [1.82, 2.24) is 14.8 Å². The van der Waals surface area contributed by atoms with E-state index >= 15 is 0 Å². The number of aryl methyl sites for hydroxylation is 2. The molecule has 0 atom stereocenters. The molecule has 0 radical (unpaired) electrons. The summed E-state index contributed by atoms with van der Waals surface area (Å²) >= 11 is 1.60. The van der Waals surface area contributed by atoms with Gasteiger partial charge in [0.05, 0.1) is 0 Å². The molecule has 0 aliphatic heterocycles. The van der Waals surface area contributed by atoms with Crippen LogP contribution in [-0.4, -0.2) is 26.6 Å². The Labute approximate surface area is 256 Å². The Balaban J connectivity index is 1.18. The van der Waals surface area contributed by atoms with Gasteiger partial charge in [-0.05, 0) is 97.6 Å². The highest BCUT2D eigenvalue weighted by Gasteiger charge is 2.14. The summed E-state index contributed by atoms with van der Waals surface area (Å²) < 4.78 is 2.08. The molecular weight excluding hydrogens is 554 g/mol. The quantitative estimate of drug-likeness (QED) is 0.129. The number of aromatic nitrogens is 3. The summed E-state index contributed by atoms with van der Waals surface area (Å²) in [4.78, 5) is 25.1. The van der Waals surface area contributed by atoms with Crippen LogP contribution in [0.2, 0.25) is 0 Å². The van der Waals surface area contributed by atoms with E-state index < -0.39 is 0 Å². The van der Waals surface area contributed by atoms with Crippen molar-refractivity contribution < 1.29 is 9.59 Å². The van der Waals surface area contributed by atoms with Crippen molar-refractivity contribution in [2.75, 3.05) is 10.6 Å². The maximum atomic E-state index is 12.7. The van der Waals surface area contributed by atoms with E-state index in [1.807, 2.05) is 105 Å². The van der Waals surface area contributed by atoms with Crippen LogP contribution in [0.25, 0.3) is 17.5 Å². The zero-order valence-corrected chi connectivity index (χ0v) is 25.2. The first-order valence-electron chi connectivity index (χ1n) is 14.1. The monoisotopic (exact) mass is 587 g/mol. The molecular formula is C35H33N5O2S. The minimum atomic E-state index is -0.193. The molecule has 7 nitrogen and oxygen atoms in total. The van der Waals surface area contributed by atoms with Gasteiger partial charge in [0.1, 0.15) is 0 Å². The smallest absolute Gasteiger partial charge is 0.255 e. The summed E-state index contributed by atoms with van der Waals surface area (Å²) in [5.74, 6) is 1.14. The molecule has 0 bridgehead atoms. The van der Waals surface area contributed by atoms with Gasteiger partial charge in [-0.25, -0.2) is 0 Å².